The Morgan fingerprint density at radius 3 is 2.28 bits per heavy atom. The number of nitrogens with one attached hydrogen (secondary N) is 1. The monoisotopic (exact) mass is 354 g/mol. The summed E-state index contributed by atoms with van der Waals surface area (Å²) in [7, 11) is 0. The van der Waals surface area contributed by atoms with Crippen LogP contribution in [0.5, 0.6) is 0 Å². The molecule has 4 nitrogen and oxygen atoms in total. The number of fused-ring (bicyclic) bond motifs is 1. The molecule has 2 aliphatic heterocycles. The topological polar surface area (TPSA) is 49.4 Å². The molecule has 1 aromatic heterocycles. The molecular formula is C20H22N2O2S. The molecule has 2 aromatic rings. The second-order valence-corrected chi connectivity index (χ2v) is 7.85. The highest BCUT2D eigenvalue weighted by Crippen LogP contribution is 2.28. The van der Waals surface area contributed by atoms with Crippen LogP contribution in [0.4, 0.5) is 0 Å². The number of nitrogens with zero attached hydrogens (tertiary/aromatic N) is 1. The molecule has 5 heteroatoms. The molecule has 0 radical (unpaired) electrons. The van der Waals surface area contributed by atoms with Gasteiger partial charge < -0.3 is 10.2 Å². The smallest absolute Gasteiger partial charge is 0.254 e. The van der Waals surface area contributed by atoms with E-state index in [1.54, 1.807) is 12.1 Å². The summed E-state index contributed by atoms with van der Waals surface area (Å²) >= 11 is 1.41. The van der Waals surface area contributed by atoms with E-state index >= 15 is 0 Å². The first-order valence-electron chi connectivity index (χ1n) is 8.91. The largest absolute Gasteiger partial charge is 0.339 e. The Hall–Kier alpha value is -1.98. The van der Waals surface area contributed by atoms with Crippen LogP contribution in [0, 0.1) is 11.8 Å². The quantitative estimate of drug-likeness (QED) is 0.862. The summed E-state index contributed by atoms with van der Waals surface area (Å²) in [6.07, 6.45) is 2.09. The van der Waals surface area contributed by atoms with Gasteiger partial charge in [-0.1, -0.05) is 24.3 Å². The zero-order valence-electron chi connectivity index (χ0n) is 14.1. The Morgan fingerprint density at radius 2 is 1.64 bits per heavy atom. The minimum atomic E-state index is -0.0603. The molecule has 1 amide bonds. The van der Waals surface area contributed by atoms with Crippen molar-refractivity contribution >= 4 is 23.0 Å². The molecule has 2 saturated heterocycles. The van der Waals surface area contributed by atoms with Crippen molar-refractivity contribution in [1.82, 2.24) is 10.2 Å². The van der Waals surface area contributed by atoms with Crippen LogP contribution >= 0.6 is 11.3 Å². The van der Waals surface area contributed by atoms with Gasteiger partial charge in [0.2, 0.25) is 5.78 Å². The summed E-state index contributed by atoms with van der Waals surface area (Å²) in [4.78, 5) is 28.5. The van der Waals surface area contributed by atoms with E-state index in [-0.39, 0.29) is 11.7 Å². The van der Waals surface area contributed by atoms with Crippen molar-refractivity contribution in [2.45, 2.75) is 12.8 Å². The lowest BCUT2D eigenvalue weighted by Gasteiger charge is -2.22. The molecule has 0 saturated carbocycles. The van der Waals surface area contributed by atoms with Crippen LogP contribution in [-0.2, 0) is 0 Å². The number of likely N-dealkylation sites (tertiary alicyclic amines) is 1. The van der Waals surface area contributed by atoms with Gasteiger partial charge in [0, 0.05) is 18.7 Å². The predicted molar refractivity (Wildman–Crippen MR) is 99.2 cm³/mol. The predicted octanol–water partition coefficient (Wildman–Crippen LogP) is 3.05. The first-order valence-corrected chi connectivity index (χ1v) is 9.79. The van der Waals surface area contributed by atoms with Crippen molar-refractivity contribution in [1.29, 1.82) is 0 Å². The number of carbonyl (C=O) groups is 2. The summed E-state index contributed by atoms with van der Waals surface area (Å²) in [5.41, 5.74) is 1.05. The van der Waals surface area contributed by atoms with Crippen molar-refractivity contribution in [3.05, 3.63) is 57.8 Å². The number of amides is 1. The SMILES string of the molecule is O=C(c1cccs1)c1ccccc1C(=O)N1CC[C@@H]2CNC[C@@H]2CC1. The van der Waals surface area contributed by atoms with Gasteiger partial charge in [-0.2, -0.15) is 0 Å². The molecule has 0 unspecified atom stereocenters. The van der Waals surface area contributed by atoms with Crippen molar-refractivity contribution in [2.24, 2.45) is 11.8 Å². The van der Waals surface area contributed by atoms with Gasteiger partial charge >= 0.3 is 0 Å². The minimum Gasteiger partial charge on any atom is -0.339 e. The fraction of sp³-hybridized carbons (Fsp3) is 0.400. The van der Waals surface area contributed by atoms with E-state index in [9.17, 15) is 9.59 Å². The maximum atomic E-state index is 13.1. The molecule has 0 bridgehead atoms. The number of hydrogen-bond donors (Lipinski definition) is 1. The Morgan fingerprint density at radius 1 is 0.960 bits per heavy atom. The molecule has 4 rings (SSSR count). The summed E-state index contributed by atoms with van der Waals surface area (Å²) < 4.78 is 0. The number of carbonyl (C=O) groups excluding carboxylic acids is 2. The summed E-state index contributed by atoms with van der Waals surface area (Å²) in [6, 6.07) is 10.9. The third-order valence-corrected chi connectivity index (χ3v) is 6.32. The summed E-state index contributed by atoms with van der Waals surface area (Å²) in [5.74, 6) is 1.30. The van der Waals surface area contributed by atoms with Crippen LogP contribution in [0.1, 0.15) is 38.4 Å². The molecule has 130 valence electrons. The van der Waals surface area contributed by atoms with E-state index in [2.05, 4.69) is 5.32 Å². The van der Waals surface area contributed by atoms with E-state index < -0.39 is 0 Å². The molecule has 1 aromatic carbocycles. The Bertz CT molecular complexity index is 758. The maximum Gasteiger partial charge on any atom is 0.254 e. The highest BCUT2D eigenvalue weighted by molar-refractivity contribution is 7.12. The molecule has 1 N–H and O–H groups in total. The second kappa shape index (κ2) is 7.10. The van der Waals surface area contributed by atoms with E-state index in [0.29, 0.717) is 27.8 Å². The average Bonchev–Trinajstić information content (AvgIpc) is 3.30. The van der Waals surface area contributed by atoms with Gasteiger partial charge in [0.25, 0.3) is 5.91 Å². The number of rotatable bonds is 3. The van der Waals surface area contributed by atoms with Gasteiger partial charge in [0.1, 0.15) is 0 Å². The normalized spacial score (nSPS) is 23.1. The Kier molecular flexibility index (Phi) is 4.68. The summed E-state index contributed by atoms with van der Waals surface area (Å²) in [5, 5.41) is 5.35. The zero-order chi connectivity index (χ0) is 17.2. The lowest BCUT2D eigenvalue weighted by molar-refractivity contribution is 0.0754. The van der Waals surface area contributed by atoms with E-state index in [1.165, 1.54) is 11.3 Å². The number of thiophene rings is 1. The van der Waals surface area contributed by atoms with Gasteiger partial charge in [-0.3, -0.25) is 9.59 Å². The average molecular weight is 354 g/mol. The molecule has 0 aliphatic carbocycles. The second-order valence-electron chi connectivity index (χ2n) is 6.90. The van der Waals surface area contributed by atoms with Crippen LogP contribution in [0.2, 0.25) is 0 Å². The maximum absolute atomic E-state index is 13.1. The van der Waals surface area contributed by atoms with Gasteiger partial charge in [-0.25, -0.2) is 0 Å². The number of benzene rings is 1. The van der Waals surface area contributed by atoms with Crippen molar-refractivity contribution < 1.29 is 9.59 Å². The molecule has 2 atom stereocenters. The third-order valence-electron chi connectivity index (χ3n) is 5.45. The fourth-order valence-corrected chi connectivity index (χ4v) is 4.68. The first-order chi connectivity index (χ1) is 12.2. The van der Waals surface area contributed by atoms with Crippen LogP contribution in [-0.4, -0.2) is 42.8 Å². The van der Waals surface area contributed by atoms with Crippen LogP contribution < -0.4 is 5.32 Å². The third kappa shape index (κ3) is 3.26. The van der Waals surface area contributed by atoms with Crippen molar-refractivity contribution in [3.63, 3.8) is 0 Å². The van der Waals surface area contributed by atoms with Crippen LogP contribution in [0.25, 0.3) is 0 Å². The highest BCUT2D eigenvalue weighted by Gasteiger charge is 2.32. The Balaban J connectivity index is 1.57. The lowest BCUT2D eigenvalue weighted by atomic mass is 9.92. The first kappa shape index (κ1) is 16.5. The molecular weight excluding hydrogens is 332 g/mol. The standard InChI is InChI=1S/C20H22N2O2S/c23-19(18-6-3-11-25-18)16-4-1-2-5-17(16)20(24)22-9-7-14-12-21-13-15(14)8-10-22/h1-6,11,14-15,21H,7-10,12-13H2/t14-,15+. The van der Waals surface area contributed by atoms with E-state index in [4.69, 9.17) is 0 Å². The zero-order valence-corrected chi connectivity index (χ0v) is 14.9. The lowest BCUT2D eigenvalue weighted by Crippen LogP contribution is -2.33. The van der Waals surface area contributed by atoms with Crippen LogP contribution in [0.3, 0.4) is 0 Å². The van der Waals surface area contributed by atoms with Crippen molar-refractivity contribution in [2.75, 3.05) is 26.2 Å². The van der Waals surface area contributed by atoms with Crippen molar-refractivity contribution in [3.8, 4) is 0 Å². The van der Waals surface area contributed by atoms with Gasteiger partial charge in [-0.05, 0) is 55.3 Å². The van der Waals surface area contributed by atoms with Gasteiger partial charge in [-0.15, -0.1) is 11.3 Å². The van der Waals surface area contributed by atoms with Gasteiger partial charge in [0.05, 0.1) is 10.4 Å². The molecule has 2 aliphatic rings. The van der Waals surface area contributed by atoms with Gasteiger partial charge in [0.15, 0.2) is 0 Å². The van der Waals surface area contributed by atoms with Crippen LogP contribution in [0.15, 0.2) is 41.8 Å². The van der Waals surface area contributed by atoms with E-state index in [1.807, 2.05) is 34.5 Å². The molecule has 25 heavy (non-hydrogen) atoms. The molecule has 0 spiro atoms. The number of ketones is 1. The molecule has 3 heterocycles. The highest BCUT2D eigenvalue weighted by atomic mass is 32.1. The van der Waals surface area contributed by atoms with E-state index in [0.717, 1.165) is 39.0 Å². The fourth-order valence-electron chi connectivity index (χ4n) is 4.00. The number of hydrogen-bond acceptors (Lipinski definition) is 4. The summed E-state index contributed by atoms with van der Waals surface area (Å²) in [6.45, 7) is 3.70. The molecule has 2 fully saturated rings. The minimum absolute atomic E-state index is 0.00608. The Labute approximate surface area is 151 Å².